The fourth-order valence-corrected chi connectivity index (χ4v) is 1.84. The first-order valence-electron chi connectivity index (χ1n) is 6.32. The van der Waals surface area contributed by atoms with Crippen molar-refractivity contribution in [3.05, 3.63) is 54.1 Å². The van der Waals surface area contributed by atoms with Crippen LogP contribution in [0.4, 0.5) is 15.8 Å². The molecule has 0 radical (unpaired) electrons. The summed E-state index contributed by atoms with van der Waals surface area (Å²) in [5.74, 6) is -0.237. The third-order valence-electron chi connectivity index (χ3n) is 3.19. The predicted molar refractivity (Wildman–Crippen MR) is 75.9 cm³/mol. The molecule has 4 heteroatoms. The predicted octanol–water partition coefficient (Wildman–Crippen LogP) is 3.40. The number of hydrogen-bond acceptors (Lipinski definition) is 3. The Bertz CT molecular complexity index is 522. The Labute approximate surface area is 112 Å². The van der Waals surface area contributed by atoms with Crippen LogP contribution < -0.4 is 10.6 Å². The number of halogens is 1. The van der Waals surface area contributed by atoms with Gasteiger partial charge in [0, 0.05) is 18.8 Å². The van der Waals surface area contributed by atoms with Gasteiger partial charge in [0.05, 0.1) is 17.6 Å². The molecule has 2 aromatic rings. The van der Waals surface area contributed by atoms with Crippen molar-refractivity contribution in [3.8, 4) is 0 Å². The monoisotopic (exact) mass is 259 g/mol. The molecular weight excluding hydrogens is 241 g/mol. The zero-order chi connectivity index (χ0) is 13.8. The van der Waals surface area contributed by atoms with Crippen LogP contribution in [0.3, 0.4) is 0 Å². The van der Waals surface area contributed by atoms with Crippen LogP contribution in [0.1, 0.15) is 25.1 Å². The van der Waals surface area contributed by atoms with Gasteiger partial charge in [0.1, 0.15) is 5.82 Å². The molecule has 2 rings (SSSR count). The Hall–Kier alpha value is -1.94. The van der Waals surface area contributed by atoms with E-state index in [1.807, 2.05) is 31.0 Å². The number of benzene rings is 1. The Kier molecular flexibility index (Phi) is 4.12. The summed E-state index contributed by atoms with van der Waals surface area (Å²) in [5.41, 5.74) is 8.67. The second-order valence-electron chi connectivity index (χ2n) is 4.49. The van der Waals surface area contributed by atoms with E-state index in [2.05, 4.69) is 4.98 Å². The highest BCUT2D eigenvalue weighted by molar-refractivity contribution is 5.61. The number of pyridine rings is 1. The van der Waals surface area contributed by atoms with E-state index in [1.54, 1.807) is 18.3 Å². The number of nitrogens with zero attached hydrogens (tertiary/aromatic N) is 2. The number of aromatic nitrogens is 1. The Morgan fingerprint density at radius 1 is 1.16 bits per heavy atom. The quantitative estimate of drug-likeness (QED) is 0.915. The van der Waals surface area contributed by atoms with E-state index in [1.165, 1.54) is 12.1 Å². The standard InChI is InChI=1S/C15H18FN3/c1-3-14(17)15-9-8-13(10-18-15)19(2)12-6-4-11(16)5-7-12/h4-10,14H,3,17H2,1-2H3/t14-/m0/s1. The zero-order valence-electron chi connectivity index (χ0n) is 11.2. The number of nitrogens with two attached hydrogens (primary N) is 1. The van der Waals surface area contributed by atoms with Crippen LogP contribution in [-0.4, -0.2) is 12.0 Å². The highest BCUT2D eigenvalue weighted by Crippen LogP contribution is 2.23. The van der Waals surface area contributed by atoms with Crippen LogP contribution in [0.2, 0.25) is 0 Å². The van der Waals surface area contributed by atoms with E-state index >= 15 is 0 Å². The minimum atomic E-state index is -0.237. The first kappa shape index (κ1) is 13.5. The Balaban J connectivity index is 2.19. The summed E-state index contributed by atoms with van der Waals surface area (Å²) in [7, 11) is 1.92. The fourth-order valence-electron chi connectivity index (χ4n) is 1.84. The summed E-state index contributed by atoms with van der Waals surface area (Å²) >= 11 is 0. The summed E-state index contributed by atoms with van der Waals surface area (Å²) in [6.07, 6.45) is 2.65. The van der Waals surface area contributed by atoms with Crippen LogP contribution in [0.5, 0.6) is 0 Å². The fraction of sp³-hybridized carbons (Fsp3) is 0.267. The molecule has 0 aliphatic heterocycles. The molecule has 0 saturated carbocycles. The molecule has 0 aliphatic carbocycles. The van der Waals surface area contributed by atoms with Gasteiger partial charge in [-0.3, -0.25) is 4.98 Å². The Morgan fingerprint density at radius 2 is 1.79 bits per heavy atom. The largest absolute Gasteiger partial charge is 0.343 e. The van der Waals surface area contributed by atoms with Crippen LogP contribution in [-0.2, 0) is 0 Å². The highest BCUT2D eigenvalue weighted by Gasteiger charge is 2.07. The van der Waals surface area contributed by atoms with Crippen molar-refractivity contribution in [2.45, 2.75) is 19.4 Å². The van der Waals surface area contributed by atoms with Crippen molar-refractivity contribution in [1.29, 1.82) is 0 Å². The SMILES string of the molecule is CC[C@H](N)c1ccc(N(C)c2ccc(F)cc2)cn1. The second-order valence-corrected chi connectivity index (χ2v) is 4.49. The third-order valence-corrected chi connectivity index (χ3v) is 3.19. The molecule has 1 aromatic heterocycles. The normalized spacial score (nSPS) is 12.2. The smallest absolute Gasteiger partial charge is 0.123 e. The van der Waals surface area contributed by atoms with E-state index in [0.717, 1.165) is 23.5 Å². The van der Waals surface area contributed by atoms with Gasteiger partial charge in [-0.2, -0.15) is 0 Å². The van der Waals surface area contributed by atoms with Gasteiger partial charge >= 0.3 is 0 Å². The molecule has 1 heterocycles. The van der Waals surface area contributed by atoms with Gasteiger partial charge in [0.25, 0.3) is 0 Å². The first-order chi connectivity index (χ1) is 9.11. The molecule has 2 N–H and O–H groups in total. The molecule has 0 amide bonds. The van der Waals surface area contributed by atoms with E-state index in [-0.39, 0.29) is 11.9 Å². The maximum atomic E-state index is 12.9. The van der Waals surface area contributed by atoms with Gasteiger partial charge in [-0.1, -0.05) is 6.92 Å². The number of hydrogen-bond donors (Lipinski definition) is 1. The summed E-state index contributed by atoms with van der Waals surface area (Å²) in [4.78, 5) is 6.32. The van der Waals surface area contributed by atoms with Crippen LogP contribution in [0.15, 0.2) is 42.6 Å². The molecule has 3 nitrogen and oxygen atoms in total. The Morgan fingerprint density at radius 3 is 2.32 bits per heavy atom. The molecule has 0 unspecified atom stereocenters. The summed E-state index contributed by atoms with van der Waals surface area (Å²) in [6.45, 7) is 2.03. The molecule has 1 aromatic carbocycles. The van der Waals surface area contributed by atoms with Gasteiger partial charge in [0.15, 0.2) is 0 Å². The van der Waals surface area contributed by atoms with Gasteiger partial charge < -0.3 is 10.6 Å². The molecule has 0 spiro atoms. The third kappa shape index (κ3) is 3.09. The van der Waals surface area contributed by atoms with E-state index in [4.69, 9.17) is 5.73 Å². The minimum Gasteiger partial charge on any atom is -0.343 e. The number of anilines is 2. The molecular formula is C15H18FN3. The van der Waals surface area contributed by atoms with Gasteiger partial charge in [-0.15, -0.1) is 0 Å². The summed E-state index contributed by atoms with van der Waals surface area (Å²) in [5, 5.41) is 0. The lowest BCUT2D eigenvalue weighted by molar-refractivity contribution is 0.628. The van der Waals surface area contributed by atoms with Crippen LogP contribution >= 0.6 is 0 Å². The molecule has 0 saturated heterocycles. The van der Waals surface area contributed by atoms with Crippen LogP contribution in [0.25, 0.3) is 0 Å². The molecule has 1 atom stereocenters. The van der Waals surface area contributed by atoms with Gasteiger partial charge in [0.2, 0.25) is 0 Å². The highest BCUT2D eigenvalue weighted by atomic mass is 19.1. The average molecular weight is 259 g/mol. The summed E-state index contributed by atoms with van der Waals surface area (Å²) in [6, 6.07) is 10.2. The topological polar surface area (TPSA) is 42.1 Å². The maximum absolute atomic E-state index is 12.9. The van der Waals surface area contributed by atoms with E-state index < -0.39 is 0 Å². The van der Waals surface area contributed by atoms with E-state index in [0.29, 0.717) is 0 Å². The number of rotatable bonds is 4. The van der Waals surface area contributed by atoms with Crippen molar-refractivity contribution in [3.63, 3.8) is 0 Å². The van der Waals surface area contributed by atoms with Crippen molar-refractivity contribution in [1.82, 2.24) is 4.98 Å². The minimum absolute atomic E-state index is 0.0230. The van der Waals surface area contributed by atoms with Crippen molar-refractivity contribution in [2.24, 2.45) is 5.73 Å². The molecule has 100 valence electrons. The molecule has 0 fully saturated rings. The van der Waals surface area contributed by atoms with Gasteiger partial charge in [-0.25, -0.2) is 4.39 Å². The van der Waals surface area contributed by atoms with Crippen molar-refractivity contribution in [2.75, 3.05) is 11.9 Å². The lowest BCUT2D eigenvalue weighted by atomic mass is 10.1. The maximum Gasteiger partial charge on any atom is 0.123 e. The molecule has 0 bridgehead atoms. The van der Waals surface area contributed by atoms with Crippen molar-refractivity contribution >= 4 is 11.4 Å². The zero-order valence-corrected chi connectivity index (χ0v) is 11.2. The van der Waals surface area contributed by atoms with Gasteiger partial charge in [-0.05, 0) is 42.8 Å². The summed E-state index contributed by atoms with van der Waals surface area (Å²) < 4.78 is 12.9. The average Bonchev–Trinajstić information content (AvgIpc) is 2.46. The van der Waals surface area contributed by atoms with Crippen LogP contribution in [0, 0.1) is 5.82 Å². The molecule has 19 heavy (non-hydrogen) atoms. The lowest BCUT2D eigenvalue weighted by Crippen LogP contribution is -2.13. The molecule has 0 aliphatic rings. The lowest BCUT2D eigenvalue weighted by Gasteiger charge is -2.19. The first-order valence-corrected chi connectivity index (χ1v) is 6.32. The second kappa shape index (κ2) is 5.80. The van der Waals surface area contributed by atoms with Crippen molar-refractivity contribution < 1.29 is 4.39 Å². The van der Waals surface area contributed by atoms with E-state index in [9.17, 15) is 4.39 Å².